The Balaban J connectivity index is 1.39. The van der Waals surface area contributed by atoms with Crippen molar-refractivity contribution < 1.29 is 4.79 Å². The van der Waals surface area contributed by atoms with E-state index in [0.717, 1.165) is 61.8 Å². The Hall–Kier alpha value is -3.32. The molecule has 1 N–H and O–H groups in total. The third-order valence-electron chi connectivity index (χ3n) is 5.96. The highest BCUT2D eigenvalue weighted by Gasteiger charge is 2.28. The fourth-order valence-electron chi connectivity index (χ4n) is 4.23. The summed E-state index contributed by atoms with van der Waals surface area (Å²) in [6.45, 7) is 8.04. The van der Waals surface area contributed by atoms with E-state index in [2.05, 4.69) is 43.4 Å². The van der Waals surface area contributed by atoms with Gasteiger partial charge in [0.2, 0.25) is 11.9 Å². The molecule has 1 amide bonds. The normalized spacial score (nSPS) is 15.3. The third-order valence-corrected chi connectivity index (χ3v) is 5.96. The number of piperazine rings is 1. The molecular formula is C26H32N6O. The van der Waals surface area contributed by atoms with Gasteiger partial charge in [-0.2, -0.15) is 0 Å². The molecule has 33 heavy (non-hydrogen) atoms. The highest BCUT2D eigenvalue weighted by molar-refractivity contribution is 5.84. The highest BCUT2D eigenvalue weighted by Crippen LogP contribution is 2.14. The van der Waals surface area contributed by atoms with Crippen LogP contribution in [0.2, 0.25) is 0 Å². The Labute approximate surface area is 195 Å². The summed E-state index contributed by atoms with van der Waals surface area (Å²) in [5.74, 6) is 0.613. The number of rotatable bonds is 8. The first-order valence-corrected chi connectivity index (χ1v) is 11.6. The summed E-state index contributed by atoms with van der Waals surface area (Å²) in [6.07, 6.45) is 3.36. The van der Waals surface area contributed by atoms with Gasteiger partial charge in [-0.15, -0.1) is 0 Å². The third kappa shape index (κ3) is 6.58. The summed E-state index contributed by atoms with van der Waals surface area (Å²) in [7, 11) is 0. The van der Waals surface area contributed by atoms with E-state index < -0.39 is 6.04 Å². The van der Waals surface area contributed by atoms with Crippen LogP contribution >= 0.6 is 0 Å². The Morgan fingerprint density at radius 1 is 0.970 bits per heavy atom. The number of amides is 1. The molecule has 3 heterocycles. The first kappa shape index (κ1) is 22.9. The van der Waals surface area contributed by atoms with Gasteiger partial charge in [-0.3, -0.25) is 14.7 Å². The lowest BCUT2D eigenvalue weighted by molar-refractivity contribution is -0.133. The SMILES string of the molecule is Cc1cc(C)nc(NC(Cc2ccccc2)C(=O)N2CCN(CCc3ccccn3)CC2)n1. The van der Waals surface area contributed by atoms with Crippen LogP contribution in [0.5, 0.6) is 0 Å². The Morgan fingerprint density at radius 2 is 1.67 bits per heavy atom. The lowest BCUT2D eigenvalue weighted by atomic mass is 10.0. The number of nitrogens with one attached hydrogen (secondary N) is 1. The lowest BCUT2D eigenvalue weighted by Crippen LogP contribution is -2.53. The van der Waals surface area contributed by atoms with Gasteiger partial charge in [-0.25, -0.2) is 9.97 Å². The Morgan fingerprint density at radius 3 is 2.33 bits per heavy atom. The van der Waals surface area contributed by atoms with Gasteiger partial charge in [-0.05, 0) is 37.6 Å². The van der Waals surface area contributed by atoms with Gasteiger partial charge in [0.1, 0.15) is 6.04 Å². The standard InChI is InChI=1S/C26H32N6O/c1-20-18-21(2)29-26(28-20)30-24(19-22-8-4-3-5-9-22)25(33)32-16-14-31(15-17-32)13-11-23-10-6-7-12-27-23/h3-10,12,18,24H,11,13-17,19H2,1-2H3,(H,28,29,30). The number of hydrogen-bond acceptors (Lipinski definition) is 6. The molecule has 0 radical (unpaired) electrons. The second-order valence-electron chi connectivity index (χ2n) is 8.60. The van der Waals surface area contributed by atoms with Gasteiger partial charge in [0.05, 0.1) is 0 Å². The number of carbonyl (C=O) groups excluding carboxylic acids is 1. The van der Waals surface area contributed by atoms with Crippen molar-refractivity contribution in [2.45, 2.75) is 32.7 Å². The highest BCUT2D eigenvalue weighted by atomic mass is 16.2. The molecule has 0 bridgehead atoms. The molecule has 0 spiro atoms. The zero-order valence-corrected chi connectivity index (χ0v) is 19.4. The van der Waals surface area contributed by atoms with Crippen molar-refractivity contribution in [3.05, 3.63) is 83.4 Å². The smallest absolute Gasteiger partial charge is 0.245 e. The molecule has 4 rings (SSSR count). The molecule has 1 fully saturated rings. The fourth-order valence-corrected chi connectivity index (χ4v) is 4.23. The van der Waals surface area contributed by atoms with Crippen LogP contribution in [0.3, 0.4) is 0 Å². The minimum Gasteiger partial charge on any atom is -0.342 e. The number of aromatic nitrogens is 3. The largest absolute Gasteiger partial charge is 0.342 e. The van der Waals surface area contributed by atoms with Crippen LogP contribution in [0.1, 0.15) is 22.6 Å². The molecule has 0 aliphatic carbocycles. The van der Waals surface area contributed by atoms with Gasteiger partial charge in [0.25, 0.3) is 0 Å². The quantitative estimate of drug-likeness (QED) is 0.576. The second-order valence-corrected chi connectivity index (χ2v) is 8.60. The molecular weight excluding hydrogens is 412 g/mol. The minimum atomic E-state index is -0.409. The molecule has 7 nitrogen and oxygen atoms in total. The van der Waals surface area contributed by atoms with E-state index in [1.54, 1.807) is 0 Å². The fraction of sp³-hybridized carbons (Fsp3) is 0.385. The number of aryl methyl sites for hydroxylation is 2. The van der Waals surface area contributed by atoms with Crippen LogP contribution in [0, 0.1) is 13.8 Å². The lowest BCUT2D eigenvalue weighted by Gasteiger charge is -2.36. The van der Waals surface area contributed by atoms with Crippen LogP contribution in [0.15, 0.2) is 60.8 Å². The van der Waals surface area contributed by atoms with Crippen LogP contribution in [-0.4, -0.2) is 69.4 Å². The number of pyridine rings is 1. The van der Waals surface area contributed by atoms with Crippen molar-refractivity contribution in [2.24, 2.45) is 0 Å². The van der Waals surface area contributed by atoms with Crippen molar-refractivity contribution in [1.82, 2.24) is 24.8 Å². The first-order valence-electron chi connectivity index (χ1n) is 11.6. The van der Waals surface area contributed by atoms with Gasteiger partial charge in [0, 0.05) is 68.8 Å². The molecule has 0 saturated carbocycles. The number of benzene rings is 1. The summed E-state index contributed by atoms with van der Waals surface area (Å²) in [5.41, 5.74) is 3.99. The second kappa shape index (κ2) is 11.0. The topological polar surface area (TPSA) is 74.2 Å². The van der Waals surface area contributed by atoms with Crippen molar-refractivity contribution in [1.29, 1.82) is 0 Å². The summed E-state index contributed by atoms with van der Waals surface area (Å²) >= 11 is 0. The zero-order chi connectivity index (χ0) is 23.0. The molecule has 1 aliphatic rings. The van der Waals surface area contributed by atoms with E-state index in [1.165, 1.54) is 0 Å². The summed E-state index contributed by atoms with van der Waals surface area (Å²) in [4.78, 5) is 31.3. The maximum Gasteiger partial charge on any atom is 0.245 e. The van der Waals surface area contributed by atoms with Crippen LogP contribution in [-0.2, 0) is 17.6 Å². The van der Waals surface area contributed by atoms with Crippen molar-refractivity contribution in [3.8, 4) is 0 Å². The predicted octanol–water partition coefficient (Wildman–Crippen LogP) is 2.90. The molecule has 1 saturated heterocycles. The average Bonchev–Trinajstić information content (AvgIpc) is 2.83. The van der Waals surface area contributed by atoms with Crippen molar-refractivity contribution >= 4 is 11.9 Å². The van der Waals surface area contributed by atoms with Crippen LogP contribution in [0.4, 0.5) is 5.95 Å². The number of carbonyl (C=O) groups is 1. The van der Waals surface area contributed by atoms with E-state index in [0.29, 0.717) is 12.4 Å². The van der Waals surface area contributed by atoms with E-state index >= 15 is 0 Å². The van der Waals surface area contributed by atoms with Gasteiger partial charge in [-0.1, -0.05) is 36.4 Å². The van der Waals surface area contributed by atoms with Crippen LogP contribution in [0.25, 0.3) is 0 Å². The average molecular weight is 445 g/mol. The van der Waals surface area contributed by atoms with Gasteiger partial charge < -0.3 is 10.2 Å². The number of nitrogens with zero attached hydrogens (tertiary/aromatic N) is 5. The Bertz CT molecular complexity index is 1010. The molecule has 7 heteroatoms. The molecule has 172 valence electrons. The molecule has 1 aliphatic heterocycles. The van der Waals surface area contributed by atoms with Crippen molar-refractivity contribution in [2.75, 3.05) is 38.0 Å². The summed E-state index contributed by atoms with van der Waals surface area (Å²) in [5, 5.41) is 3.33. The van der Waals surface area contributed by atoms with E-state index in [4.69, 9.17) is 0 Å². The maximum absolute atomic E-state index is 13.5. The van der Waals surface area contributed by atoms with E-state index in [9.17, 15) is 4.79 Å². The van der Waals surface area contributed by atoms with Crippen LogP contribution < -0.4 is 5.32 Å². The van der Waals surface area contributed by atoms with E-state index in [1.807, 2.05) is 61.3 Å². The maximum atomic E-state index is 13.5. The zero-order valence-electron chi connectivity index (χ0n) is 19.4. The molecule has 2 aromatic heterocycles. The predicted molar refractivity (Wildman–Crippen MR) is 130 cm³/mol. The molecule has 1 unspecified atom stereocenters. The summed E-state index contributed by atoms with van der Waals surface area (Å²) in [6, 6.07) is 17.7. The molecule has 3 aromatic rings. The molecule has 1 atom stereocenters. The van der Waals surface area contributed by atoms with E-state index in [-0.39, 0.29) is 5.91 Å². The Kier molecular flexibility index (Phi) is 7.62. The number of hydrogen-bond donors (Lipinski definition) is 1. The first-order chi connectivity index (χ1) is 16.1. The van der Waals surface area contributed by atoms with Gasteiger partial charge in [0.15, 0.2) is 0 Å². The number of anilines is 1. The van der Waals surface area contributed by atoms with Crippen molar-refractivity contribution in [3.63, 3.8) is 0 Å². The molecule has 1 aromatic carbocycles. The monoisotopic (exact) mass is 444 g/mol. The van der Waals surface area contributed by atoms with Gasteiger partial charge >= 0.3 is 0 Å². The summed E-state index contributed by atoms with van der Waals surface area (Å²) < 4.78 is 0. The minimum absolute atomic E-state index is 0.103.